The Bertz CT molecular complexity index is 1070. The Labute approximate surface area is 155 Å². The molecule has 0 fully saturated rings. The van der Waals surface area contributed by atoms with Crippen molar-refractivity contribution >= 4 is 22.6 Å². The predicted octanol–water partition coefficient (Wildman–Crippen LogP) is 2.87. The lowest BCUT2D eigenvalue weighted by atomic mass is 10.0. The maximum atomic E-state index is 12.4. The van der Waals surface area contributed by atoms with Gasteiger partial charge in [-0.15, -0.1) is 0 Å². The zero-order valence-corrected chi connectivity index (χ0v) is 14.8. The molecule has 0 spiro atoms. The third kappa shape index (κ3) is 3.29. The summed E-state index contributed by atoms with van der Waals surface area (Å²) < 4.78 is 5.05. The first-order chi connectivity index (χ1) is 13.0. The summed E-state index contributed by atoms with van der Waals surface area (Å²) in [4.78, 5) is 30.6. The number of nitrogens with one attached hydrogen (secondary N) is 2. The summed E-state index contributed by atoms with van der Waals surface area (Å²) in [5.41, 5.74) is 3.85. The molecule has 27 heavy (non-hydrogen) atoms. The van der Waals surface area contributed by atoms with Crippen molar-refractivity contribution in [1.29, 1.82) is 0 Å². The van der Waals surface area contributed by atoms with Crippen LogP contribution in [0, 0.1) is 0 Å². The van der Waals surface area contributed by atoms with Gasteiger partial charge in [0.1, 0.15) is 12.4 Å². The van der Waals surface area contributed by atoms with E-state index in [1.54, 1.807) is 31.4 Å². The number of hydrogen-bond acceptors (Lipinski definition) is 5. The Morgan fingerprint density at radius 3 is 2.81 bits per heavy atom. The van der Waals surface area contributed by atoms with E-state index in [2.05, 4.69) is 15.3 Å². The molecule has 3 aromatic rings. The largest absolute Gasteiger partial charge is 0.478 e. The molecule has 0 amide bonds. The van der Waals surface area contributed by atoms with Crippen LogP contribution < -0.4 is 10.9 Å². The molecule has 7 heteroatoms. The number of carboxylic acids is 1. The molecule has 1 atom stereocenters. The van der Waals surface area contributed by atoms with Crippen LogP contribution in [0.1, 0.15) is 39.8 Å². The lowest BCUT2D eigenvalue weighted by Crippen LogP contribution is -2.14. The van der Waals surface area contributed by atoms with Gasteiger partial charge in [-0.25, -0.2) is 9.78 Å². The molecule has 0 bridgehead atoms. The van der Waals surface area contributed by atoms with Gasteiger partial charge >= 0.3 is 5.97 Å². The van der Waals surface area contributed by atoms with Crippen molar-refractivity contribution in [2.75, 3.05) is 12.4 Å². The monoisotopic (exact) mass is 365 g/mol. The van der Waals surface area contributed by atoms with Gasteiger partial charge in [0.2, 0.25) is 0 Å². The van der Waals surface area contributed by atoms with Crippen LogP contribution in [0.5, 0.6) is 0 Å². The molecular weight excluding hydrogens is 346 g/mol. The van der Waals surface area contributed by atoms with Gasteiger partial charge in [-0.3, -0.25) is 4.79 Å². The van der Waals surface area contributed by atoms with Gasteiger partial charge < -0.3 is 20.1 Å². The van der Waals surface area contributed by atoms with Crippen LogP contribution >= 0.6 is 0 Å². The average molecular weight is 365 g/mol. The first-order valence-corrected chi connectivity index (χ1v) is 8.69. The summed E-state index contributed by atoms with van der Waals surface area (Å²) in [6, 6.07) is 10.6. The molecule has 0 aliphatic heterocycles. The number of anilines is 1. The molecule has 4 rings (SSSR count). The SMILES string of the molecule is COCc1nc2cc3c(cc2c(=O)[nH]1)C(Nc1ccc(C(=O)O)cc1)CC3. The number of benzene rings is 2. The van der Waals surface area contributed by atoms with Gasteiger partial charge in [-0.1, -0.05) is 0 Å². The summed E-state index contributed by atoms with van der Waals surface area (Å²) in [5.74, 6) is -0.431. The Morgan fingerprint density at radius 2 is 2.11 bits per heavy atom. The van der Waals surface area contributed by atoms with Gasteiger partial charge in [-0.2, -0.15) is 0 Å². The number of methoxy groups -OCH3 is 1. The maximum absolute atomic E-state index is 12.4. The van der Waals surface area contributed by atoms with Crippen LogP contribution in [0.2, 0.25) is 0 Å². The van der Waals surface area contributed by atoms with Crippen LogP contribution in [-0.4, -0.2) is 28.2 Å². The molecule has 2 aromatic carbocycles. The number of fused-ring (bicyclic) bond motifs is 2. The molecule has 0 saturated heterocycles. The number of carboxylic acid groups (broad SMARTS) is 1. The molecule has 1 unspecified atom stereocenters. The highest BCUT2D eigenvalue weighted by Crippen LogP contribution is 2.35. The van der Waals surface area contributed by atoms with Crippen molar-refractivity contribution in [2.24, 2.45) is 0 Å². The van der Waals surface area contributed by atoms with E-state index in [-0.39, 0.29) is 23.8 Å². The number of H-pyrrole nitrogens is 1. The second-order valence-corrected chi connectivity index (χ2v) is 6.63. The zero-order valence-electron chi connectivity index (χ0n) is 14.8. The summed E-state index contributed by atoms with van der Waals surface area (Å²) in [5, 5.41) is 13.0. The quantitative estimate of drug-likeness (QED) is 0.642. The normalized spacial score (nSPS) is 15.7. The van der Waals surface area contributed by atoms with Crippen molar-refractivity contribution in [2.45, 2.75) is 25.5 Å². The summed E-state index contributed by atoms with van der Waals surface area (Å²) >= 11 is 0. The van der Waals surface area contributed by atoms with E-state index in [0.29, 0.717) is 16.7 Å². The molecule has 1 heterocycles. The number of aryl methyl sites for hydroxylation is 1. The van der Waals surface area contributed by atoms with Crippen molar-refractivity contribution in [3.63, 3.8) is 0 Å². The molecule has 138 valence electrons. The first-order valence-electron chi connectivity index (χ1n) is 8.69. The highest BCUT2D eigenvalue weighted by molar-refractivity contribution is 5.88. The average Bonchev–Trinajstić information content (AvgIpc) is 3.03. The Morgan fingerprint density at radius 1 is 1.33 bits per heavy atom. The summed E-state index contributed by atoms with van der Waals surface area (Å²) in [6.07, 6.45) is 1.79. The Kier molecular flexibility index (Phi) is 4.37. The molecular formula is C20H19N3O4. The minimum absolute atomic E-state index is 0.0677. The number of aromatic nitrogens is 2. The maximum Gasteiger partial charge on any atom is 0.335 e. The van der Waals surface area contributed by atoms with Crippen LogP contribution in [-0.2, 0) is 17.8 Å². The number of rotatable bonds is 5. The van der Waals surface area contributed by atoms with E-state index < -0.39 is 5.97 Å². The number of aromatic carboxylic acids is 1. The van der Waals surface area contributed by atoms with Crippen molar-refractivity contribution in [3.05, 3.63) is 69.3 Å². The predicted molar refractivity (Wildman–Crippen MR) is 101 cm³/mol. The summed E-state index contributed by atoms with van der Waals surface area (Å²) in [6.45, 7) is 0.263. The standard InChI is InChI=1S/C20H19N3O4/c1-27-10-18-22-17-8-12-4-7-16(14(12)9-15(17)19(24)23-18)21-13-5-2-11(3-6-13)20(25)26/h2-3,5-6,8-9,16,21H,4,7,10H2,1H3,(H,25,26)(H,22,23,24). The van der Waals surface area contributed by atoms with Gasteiger partial charge in [0.25, 0.3) is 5.56 Å². The molecule has 3 N–H and O–H groups in total. The van der Waals surface area contributed by atoms with E-state index in [4.69, 9.17) is 9.84 Å². The first kappa shape index (κ1) is 17.2. The number of hydrogen-bond donors (Lipinski definition) is 3. The summed E-state index contributed by atoms with van der Waals surface area (Å²) in [7, 11) is 1.56. The fraction of sp³-hybridized carbons (Fsp3) is 0.250. The lowest BCUT2D eigenvalue weighted by Gasteiger charge is -2.16. The van der Waals surface area contributed by atoms with E-state index in [1.807, 2.05) is 12.1 Å². The zero-order chi connectivity index (χ0) is 19.0. The van der Waals surface area contributed by atoms with Crippen molar-refractivity contribution in [1.82, 2.24) is 9.97 Å². The van der Waals surface area contributed by atoms with E-state index >= 15 is 0 Å². The minimum Gasteiger partial charge on any atom is -0.478 e. The van der Waals surface area contributed by atoms with Crippen LogP contribution in [0.25, 0.3) is 10.9 Å². The van der Waals surface area contributed by atoms with Crippen molar-refractivity contribution in [3.8, 4) is 0 Å². The van der Waals surface area contributed by atoms with Crippen LogP contribution in [0.3, 0.4) is 0 Å². The van der Waals surface area contributed by atoms with E-state index in [1.165, 1.54) is 5.56 Å². The number of carbonyl (C=O) groups is 1. The second-order valence-electron chi connectivity index (χ2n) is 6.63. The molecule has 7 nitrogen and oxygen atoms in total. The smallest absolute Gasteiger partial charge is 0.335 e. The third-order valence-electron chi connectivity index (χ3n) is 4.85. The van der Waals surface area contributed by atoms with Crippen LogP contribution in [0.4, 0.5) is 5.69 Å². The second kappa shape index (κ2) is 6.85. The third-order valence-corrected chi connectivity index (χ3v) is 4.85. The highest BCUT2D eigenvalue weighted by atomic mass is 16.5. The Balaban J connectivity index is 1.65. The molecule has 1 aromatic heterocycles. The van der Waals surface area contributed by atoms with Crippen LogP contribution in [0.15, 0.2) is 41.2 Å². The molecule has 0 saturated carbocycles. The minimum atomic E-state index is -0.946. The lowest BCUT2D eigenvalue weighted by molar-refractivity contribution is 0.0697. The fourth-order valence-corrected chi connectivity index (χ4v) is 3.56. The topological polar surface area (TPSA) is 104 Å². The van der Waals surface area contributed by atoms with Gasteiger partial charge in [0.15, 0.2) is 0 Å². The molecule has 1 aliphatic rings. The van der Waals surface area contributed by atoms with Gasteiger partial charge in [0, 0.05) is 12.8 Å². The fourth-order valence-electron chi connectivity index (χ4n) is 3.56. The molecule has 0 radical (unpaired) electrons. The number of ether oxygens (including phenoxy) is 1. The van der Waals surface area contributed by atoms with Gasteiger partial charge in [-0.05, 0) is 60.4 Å². The van der Waals surface area contributed by atoms with Crippen molar-refractivity contribution < 1.29 is 14.6 Å². The van der Waals surface area contributed by atoms with E-state index in [9.17, 15) is 9.59 Å². The number of aromatic amines is 1. The highest BCUT2D eigenvalue weighted by Gasteiger charge is 2.24. The van der Waals surface area contributed by atoms with Gasteiger partial charge in [0.05, 0.1) is 22.5 Å². The number of nitrogens with zero attached hydrogens (tertiary/aromatic N) is 1. The Hall–Kier alpha value is -3.19. The van der Waals surface area contributed by atoms with E-state index in [0.717, 1.165) is 24.1 Å². The molecule has 1 aliphatic carbocycles.